The zero-order valence-corrected chi connectivity index (χ0v) is 18.4. The van der Waals surface area contributed by atoms with E-state index in [-0.39, 0.29) is 5.56 Å². The minimum Gasteiger partial charge on any atom is -0.466 e. The fourth-order valence-corrected chi connectivity index (χ4v) is 4.90. The van der Waals surface area contributed by atoms with Crippen molar-refractivity contribution in [1.29, 1.82) is 0 Å². The summed E-state index contributed by atoms with van der Waals surface area (Å²) in [7, 11) is 1.32. The maximum Gasteiger partial charge on any atom is 0.338 e. The molecule has 1 aromatic heterocycles. The van der Waals surface area contributed by atoms with Crippen LogP contribution in [0.2, 0.25) is 10.0 Å². The van der Waals surface area contributed by atoms with E-state index in [1.807, 2.05) is 30.3 Å². The number of benzene rings is 2. The minimum absolute atomic E-state index is 0.257. The number of hydrogen-bond acceptors (Lipinski definition) is 5. The average Bonchev–Trinajstić information content (AvgIpc) is 3.04. The maximum atomic E-state index is 13.4. The van der Waals surface area contributed by atoms with Gasteiger partial charge in [0.15, 0.2) is 4.80 Å². The van der Waals surface area contributed by atoms with E-state index in [2.05, 4.69) is 4.99 Å². The largest absolute Gasteiger partial charge is 0.466 e. The number of esters is 1. The van der Waals surface area contributed by atoms with Crippen LogP contribution in [0.1, 0.15) is 24.1 Å². The summed E-state index contributed by atoms with van der Waals surface area (Å²) in [6.45, 7) is 1.75. The lowest BCUT2D eigenvalue weighted by molar-refractivity contribution is -0.136. The first-order chi connectivity index (χ1) is 14.4. The molecule has 0 aliphatic carbocycles. The summed E-state index contributed by atoms with van der Waals surface area (Å²) in [4.78, 5) is 31.0. The van der Waals surface area contributed by atoms with Crippen molar-refractivity contribution < 1.29 is 9.53 Å². The van der Waals surface area contributed by atoms with E-state index in [1.165, 1.54) is 23.0 Å². The molecule has 2 heterocycles. The smallest absolute Gasteiger partial charge is 0.338 e. The van der Waals surface area contributed by atoms with Crippen LogP contribution in [-0.2, 0) is 9.53 Å². The molecule has 152 valence electrons. The molecule has 0 fully saturated rings. The molecule has 0 saturated heterocycles. The molecule has 0 N–H and O–H groups in total. The van der Waals surface area contributed by atoms with Gasteiger partial charge in [0.2, 0.25) is 0 Å². The molecular formula is C22H16Cl2N2O3S. The summed E-state index contributed by atoms with van der Waals surface area (Å²) in [5, 5.41) is 0.959. The lowest BCUT2D eigenvalue weighted by Gasteiger charge is -2.24. The fourth-order valence-electron chi connectivity index (χ4n) is 3.40. The Labute approximate surface area is 186 Å². The van der Waals surface area contributed by atoms with Crippen LogP contribution in [0.3, 0.4) is 0 Å². The summed E-state index contributed by atoms with van der Waals surface area (Å²) in [5.41, 5.74) is 2.07. The second-order valence-electron chi connectivity index (χ2n) is 6.65. The number of ether oxygens (including phenoxy) is 1. The van der Waals surface area contributed by atoms with E-state index in [9.17, 15) is 9.59 Å². The number of aromatic nitrogens is 1. The molecular weight excluding hydrogens is 443 g/mol. The van der Waals surface area contributed by atoms with E-state index in [0.717, 1.165) is 5.56 Å². The number of nitrogens with zero attached hydrogens (tertiary/aromatic N) is 2. The monoisotopic (exact) mass is 458 g/mol. The van der Waals surface area contributed by atoms with Crippen LogP contribution in [0.4, 0.5) is 0 Å². The molecule has 8 heteroatoms. The molecule has 5 nitrogen and oxygen atoms in total. The van der Waals surface area contributed by atoms with Crippen molar-refractivity contribution in [2.75, 3.05) is 7.11 Å². The minimum atomic E-state index is -0.627. The standard InChI is InChI=1S/C22H16Cl2N2O3S/c1-12-18(21(28)29-2)19(13-6-4-3-5-7-13)26-20(27)17(30-22(26)25-12)10-14-8-9-15(23)11-16(14)24/h3-11,19H,1-2H3. The second-order valence-corrected chi connectivity index (χ2v) is 8.50. The molecule has 0 spiro atoms. The molecule has 0 radical (unpaired) electrons. The first kappa shape index (κ1) is 20.6. The van der Waals surface area contributed by atoms with Crippen LogP contribution in [0.5, 0.6) is 0 Å². The Kier molecular flexibility index (Phi) is 5.64. The molecule has 2 aromatic carbocycles. The Balaban J connectivity index is 1.98. The SMILES string of the molecule is COC(=O)C1=C(C)N=c2sc(=Cc3ccc(Cl)cc3Cl)c(=O)n2C1c1ccccc1. The molecule has 4 rings (SSSR count). The topological polar surface area (TPSA) is 60.7 Å². The molecule has 1 aliphatic heterocycles. The third-order valence-corrected chi connectivity index (χ3v) is 6.34. The molecule has 3 aromatic rings. The number of thiazole rings is 1. The van der Waals surface area contributed by atoms with Crippen molar-refractivity contribution in [2.24, 2.45) is 4.99 Å². The van der Waals surface area contributed by atoms with Gasteiger partial charge in [-0.15, -0.1) is 0 Å². The lowest BCUT2D eigenvalue weighted by atomic mass is 9.96. The Morgan fingerprint density at radius 1 is 1.20 bits per heavy atom. The van der Waals surface area contributed by atoms with Crippen molar-refractivity contribution in [3.8, 4) is 0 Å². The Hall–Kier alpha value is -2.67. The maximum absolute atomic E-state index is 13.4. The van der Waals surface area contributed by atoms with Crippen LogP contribution in [-0.4, -0.2) is 17.6 Å². The van der Waals surface area contributed by atoms with Gasteiger partial charge >= 0.3 is 5.97 Å². The van der Waals surface area contributed by atoms with Crippen LogP contribution < -0.4 is 14.9 Å². The summed E-state index contributed by atoms with van der Waals surface area (Å²) in [5.74, 6) is -0.514. The Bertz CT molecular complexity index is 1360. The number of halogens is 2. The van der Waals surface area contributed by atoms with E-state index in [1.54, 1.807) is 31.2 Å². The first-order valence-electron chi connectivity index (χ1n) is 9.01. The molecule has 0 amide bonds. The molecule has 0 bridgehead atoms. The zero-order chi connectivity index (χ0) is 21.4. The van der Waals surface area contributed by atoms with Gasteiger partial charge < -0.3 is 4.74 Å². The van der Waals surface area contributed by atoms with Gasteiger partial charge in [0.1, 0.15) is 0 Å². The van der Waals surface area contributed by atoms with Crippen molar-refractivity contribution >= 4 is 46.6 Å². The summed E-state index contributed by atoms with van der Waals surface area (Å²) in [6.07, 6.45) is 1.71. The molecule has 1 atom stereocenters. The van der Waals surface area contributed by atoms with Crippen molar-refractivity contribution in [1.82, 2.24) is 4.57 Å². The fraction of sp³-hybridized carbons (Fsp3) is 0.136. The van der Waals surface area contributed by atoms with Crippen LogP contribution in [0.15, 0.2) is 69.6 Å². The van der Waals surface area contributed by atoms with E-state index >= 15 is 0 Å². The summed E-state index contributed by atoms with van der Waals surface area (Å²) >= 11 is 13.5. The van der Waals surface area contributed by atoms with Gasteiger partial charge in [-0.05, 0) is 36.3 Å². The predicted molar refractivity (Wildman–Crippen MR) is 119 cm³/mol. The van der Waals surface area contributed by atoms with Crippen molar-refractivity contribution in [3.05, 3.63) is 101 Å². The van der Waals surface area contributed by atoms with E-state index in [0.29, 0.717) is 36.2 Å². The van der Waals surface area contributed by atoms with Gasteiger partial charge in [-0.25, -0.2) is 9.79 Å². The van der Waals surface area contributed by atoms with Gasteiger partial charge in [0.25, 0.3) is 5.56 Å². The normalized spacial score (nSPS) is 16.3. The Morgan fingerprint density at radius 2 is 1.93 bits per heavy atom. The van der Waals surface area contributed by atoms with Gasteiger partial charge in [0.05, 0.1) is 29.0 Å². The first-order valence-corrected chi connectivity index (χ1v) is 10.6. The quantitative estimate of drug-likeness (QED) is 0.561. The number of fused-ring (bicyclic) bond motifs is 1. The molecule has 30 heavy (non-hydrogen) atoms. The summed E-state index contributed by atoms with van der Waals surface area (Å²) < 4.78 is 6.98. The predicted octanol–water partition coefficient (Wildman–Crippen LogP) is 3.72. The van der Waals surface area contributed by atoms with Gasteiger partial charge in [0, 0.05) is 10.0 Å². The van der Waals surface area contributed by atoms with Gasteiger partial charge in [-0.3, -0.25) is 9.36 Å². The number of hydrogen-bond donors (Lipinski definition) is 0. The number of allylic oxidation sites excluding steroid dienone is 1. The molecule has 1 unspecified atom stereocenters. The van der Waals surface area contributed by atoms with Gasteiger partial charge in [-0.2, -0.15) is 0 Å². The van der Waals surface area contributed by atoms with Crippen LogP contribution >= 0.6 is 34.5 Å². The third kappa shape index (κ3) is 3.62. The van der Waals surface area contributed by atoms with E-state index < -0.39 is 12.0 Å². The zero-order valence-electron chi connectivity index (χ0n) is 16.1. The average molecular weight is 459 g/mol. The third-order valence-electron chi connectivity index (χ3n) is 4.79. The van der Waals surface area contributed by atoms with Crippen molar-refractivity contribution in [3.63, 3.8) is 0 Å². The van der Waals surface area contributed by atoms with Crippen LogP contribution in [0, 0.1) is 0 Å². The van der Waals surface area contributed by atoms with Crippen LogP contribution in [0.25, 0.3) is 6.08 Å². The highest BCUT2D eigenvalue weighted by Gasteiger charge is 2.32. The number of rotatable bonds is 3. The van der Waals surface area contributed by atoms with Crippen molar-refractivity contribution in [2.45, 2.75) is 13.0 Å². The lowest BCUT2D eigenvalue weighted by Crippen LogP contribution is -2.39. The second kappa shape index (κ2) is 8.22. The summed E-state index contributed by atoms with van der Waals surface area (Å²) in [6, 6.07) is 13.8. The number of methoxy groups -OCH3 is 1. The number of carbonyl (C=O) groups is 1. The van der Waals surface area contributed by atoms with E-state index in [4.69, 9.17) is 27.9 Å². The van der Waals surface area contributed by atoms with Gasteiger partial charge in [-0.1, -0.05) is 70.9 Å². The molecule has 1 aliphatic rings. The highest BCUT2D eigenvalue weighted by atomic mass is 35.5. The number of carbonyl (C=O) groups excluding carboxylic acids is 1. The highest BCUT2D eigenvalue weighted by Crippen LogP contribution is 2.30. The Morgan fingerprint density at radius 3 is 2.60 bits per heavy atom. The highest BCUT2D eigenvalue weighted by molar-refractivity contribution is 7.07. The molecule has 0 saturated carbocycles.